The average Bonchev–Trinajstić information content (AvgIpc) is 2.38. The molecule has 1 unspecified atom stereocenters. The summed E-state index contributed by atoms with van der Waals surface area (Å²) in [6.45, 7) is 8.43. The van der Waals surface area contributed by atoms with Gasteiger partial charge < -0.3 is 15.4 Å². The number of carbonyl (C=O) groups excluding carboxylic acids is 1. The van der Waals surface area contributed by atoms with Gasteiger partial charge in [0, 0.05) is 35.0 Å². The lowest BCUT2D eigenvalue weighted by Gasteiger charge is -2.35. The number of rotatable bonds is 6. The quantitative estimate of drug-likeness (QED) is 0.757. The molecule has 1 atom stereocenters. The van der Waals surface area contributed by atoms with Crippen LogP contribution in [-0.2, 0) is 20.3 Å². The van der Waals surface area contributed by atoms with Crippen LogP contribution in [0.5, 0.6) is 0 Å². The van der Waals surface area contributed by atoms with Gasteiger partial charge in [0.05, 0.1) is 12.0 Å². The number of hydrogen-bond acceptors (Lipinski definition) is 4. The zero-order chi connectivity index (χ0) is 15.2. The Kier molecular flexibility index (Phi) is 6.61. The van der Waals surface area contributed by atoms with Gasteiger partial charge in [0.25, 0.3) is 0 Å². The van der Waals surface area contributed by atoms with Gasteiger partial charge in [-0.15, -0.1) is 0 Å². The molecule has 1 aliphatic rings. The third-order valence-corrected chi connectivity index (χ3v) is 5.66. The van der Waals surface area contributed by atoms with Crippen LogP contribution < -0.4 is 10.6 Å². The Balaban J connectivity index is 2.49. The molecule has 0 spiro atoms. The summed E-state index contributed by atoms with van der Waals surface area (Å²) in [6, 6.07) is 0. The number of piperidine rings is 1. The SMILES string of the molecule is COCC1(C(=O)NCCS(=O)C(C)(C)C)CCNCC1. The number of amides is 1. The van der Waals surface area contributed by atoms with Gasteiger partial charge in [-0.1, -0.05) is 0 Å². The van der Waals surface area contributed by atoms with Gasteiger partial charge >= 0.3 is 0 Å². The number of methoxy groups -OCH3 is 1. The van der Waals surface area contributed by atoms with Crippen molar-refractivity contribution >= 4 is 16.7 Å². The van der Waals surface area contributed by atoms with Crippen LogP contribution in [-0.4, -0.2) is 54.0 Å². The molecule has 1 saturated heterocycles. The molecular weight excluding hydrogens is 276 g/mol. The minimum absolute atomic E-state index is 0.0340. The lowest BCUT2D eigenvalue weighted by Crippen LogP contribution is -2.50. The van der Waals surface area contributed by atoms with Crippen molar-refractivity contribution < 1.29 is 13.7 Å². The maximum absolute atomic E-state index is 12.4. The minimum Gasteiger partial charge on any atom is -0.384 e. The van der Waals surface area contributed by atoms with Crippen LogP contribution in [0.25, 0.3) is 0 Å². The van der Waals surface area contributed by atoms with E-state index >= 15 is 0 Å². The Morgan fingerprint density at radius 1 is 1.35 bits per heavy atom. The van der Waals surface area contributed by atoms with E-state index in [0.717, 1.165) is 25.9 Å². The van der Waals surface area contributed by atoms with E-state index in [-0.39, 0.29) is 10.7 Å². The lowest BCUT2D eigenvalue weighted by atomic mass is 9.78. The summed E-state index contributed by atoms with van der Waals surface area (Å²) in [4.78, 5) is 12.4. The van der Waals surface area contributed by atoms with Crippen LogP contribution in [0.4, 0.5) is 0 Å². The molecule has 0 radical (unpaired) electrons. The number of hydrogen-bond donors (Lipinski definition) is 2. The molecule has 118 valence electrons. The molecule has 1 aliphatic heterocycles. The fourth-order valence-electron chi connectivity index (χ4n) is 2.37. The maximum Gasteiger partial charge on any atom is 0.228 e. The Morgan fingerprint density at radius 2 is 1.95 bits per heavy atom. The summed E-state index contributed by atoms with van der Waals surface area (Å²) in [5.74, 6) is 0.531. The highest BCUT2D eigenvalue weighted by molar-refractivity contribution is 7.86. The molecule has 0 aliphatic carbocycles. The van der Waals surface area contributed by atoms with Gasteiger partial charge in [-0.05, 0) is 46.7 Å². The molecule has 2 N–H and O–H groups in total. The van der Waals surface area contributed by atoms with E-state index < -0.39 is 16.2 Å². The first-order chi connectivity index (χ1) is 9.32. The standard InChI is InChI=1S/C14H28N2O3S/c1-13(2,3)20(18)10-9-16-12(17)14(11-19-4)5-7-15-8-6-14/h15H,5-11H2,1-4H3,(H,16,17). The molecule has 0 saturated carbocycles. The zero-order valence-corrected chi connectivity index (χ0v) is 13.9. The van der Waals surface area contributed by atoms with Crippen LogP contribution in [0.15, 0.2) is 0 Å². The van der Waals surface area contributed by atoms with Crippen LogP contribution >= 0.6 is 0 Å². The summed E-state index contributed by atoms with van der Waals surface area (Å²) in [5.41, 5.74) is -0.427. The first-order valence-electron chi connectivity index (χ1n) is 7.18. The monoisotopic (exact) mass is 304 g/mol. The molecular formula is C14H28N2O3S. The third kappa shape index (κ3) is 4.82. The maximum atomic E-state index is 12.4. The van der Waals surface area contributed by atoms with E-state index in [1.807, 2.05) is 20.8 Å². The number of ether oxygens (including phenoxy) is 1. The normalized spacial score (nSPS) is 20.4. The summed E-state index contributed by atoms with van der Waals surface area (Å²) in [7, 11) is 0.696. The van der Waals surface area contributed by atoms with Crippen molar-refractivity contribution in [2.45, 2.75) is 38.4 Å². The second-order valence-corrected chi connectivity index (χ2v) is 8.71. The summed E-state index contributed by atoms with van der Waals surface area (Å²) < 4.78 is 17.0. The van der Waals surface area contributed by atoms with Crippen molar-refractivity contribution in [1.82, 2.24) is 10.6 Å². The number of carbonyl (C=O) groups is 1. The van der Waals surface area contributed by atoms with Crippen LogP contribution in [0.3, 0.4) is 0 Å². The summed E-state index contributed by atoms with van der Waals surface area (Å²) in [5, 5.41) is 6.20. The molecule has 1 fully saturated rings. The van der Waals surface area contributed by atoms with E-state index in [0.29, 0.717) is 18.9 Å². The van der Waals surface area contributed by atoms with Crippen molar-refractivity contribution in [3.63, 3.8) is 0 Å². The predicted molar refractivity (Wildman–Crippen MR) is 82.2 cm³/mol. The first kappa shape index (κ1) is 17.6. The topological polar surface area (TPSA) is 67.4 Å². The highest BCUT2D eigenvalue weighted by Gasteiger charge is 2.39. The molecule has 5 nitrogen and oxygen atoms in total. The van der Waals surface area contributed by atoms with E-state index in [2.05, 4.69) is 10.6 Å². The molecule has 0 aromatic rings. The van der Waals surface area contributed by atoms with E-state index in [4.69, 9.17) is 4.74 Å². The Bertz CT molecular complexity index is 341. The molecule has 0 aromatic carbocycles. The Labute approximate surface area is 124 Å². The molecule has 1 rings (SSSR count). The van der Waals surface area contributed by atoms with Gasteiger partial charge in [0.15, 0.2) is 0 Å². The van der Waals surface area contributed by atoms with Gasteiger partial charge in [-0.25, -0.2) is 0 Å². The van der Waals surface area contributed by atoms with E-state index in [9.17, 15) is 9.00 Å². The molecule has 6 heteroatoms. The average molecular weight is 304 g/mol. The third-order valence-electron chi connectivity index (χ3n) is 3.72. The minimum atomic E-state index is -0.934. The van der Waals surface area contributed by atoms with Gasteiger partial charge in [0.2, 0.25) is 5.91 Å². The second-order valence-electron chi connectivity index (χ2n) is 6.38. The van der Waals surface area contributed by atoms with E-state index in [1.165, 1.54) is 0 Å². The van der Waals surface area contributed by atoms with Crippen molar-refractivity contribution in [3.05, 3.63) is 0 Å². The molecule has 0 aromatic heterocycles. The first-order valence-corrected chi connectivity index (χ1v) is 8.50. The fourth-order valence-corrected chi connectivity index (χ4v) is 3.27. The Hall–Kier alpha value is -0.460. The predicted octanol–water partition coefficient (Wildman–Crippen LogP) is 0.666. The lowest BCUT2D eigenvalue weighted by molar-refractivity contribution is -0.136. The highest BCUT2D eigenvalue weighted by atomic mass is 32.2. The smallest absolute Gasteiger partial charge is 0.228 e. The summed E-state index contributed by atoms with van der Waals surface area (Å²) in [6.07, 6.45) is 1.57. The van der Waals surface area contributed by atoms with Crippen LogP contribution in [0.2, 0.25) is 0 Å². The highest BCUT2D eigenvalue weighted by Crippen LogP contribution is 2.29. The van der Waals surface area contributed by atoms with Gasteiger partial charge in [-0.3, -0.25) is 9.00 Å². The van der Waals surface area contributed by atoms with Crippen molar-refractivity contribution in [3.8, 4) is 0 Å². The van der Waals surface area contributed by atoms with E-state index in [1.54, 1.807) is 7.11 Å². The summed E-state index contributed by atoms with van der Waals surface area (Å²) >= 11 is 0. The molecule has 0 bridgehead atoms. The van der Waals surface area contributed by atoms with Gasteiger partial charge in [0.1, 0.15) is 0 Å². The van der Waals surface area contributed by atoms with Crippen LogP contribution in [0, 0.1) is 5.41 Å². The second kappa shape index (κ2) is 7.52. The van der Waals surface area contributed by atoms with Crippen molar-refractivity contribution in [2.75, 3.05) is 39.1 Å². The largest absolute Gasteiger partial charge is 0.384 e. The van der Waals surface area contributed by atoms with Crippen molar-refractivity contribution in [1.29, 1.82) is 0 Å². The number of nitrogens with one attached hydrogen (secondary N) is 2. The fraction of sp³-hybridized carbons (Fsp3) is 0.929. The molecule has 1 amide bonds. The molecule has 1 heterocycles. The van der Waals surface area contributed by atoms with Crippen molar-refractivity contribution in [2.24, 2.45) is 5.41 Å². The Morgan fingerprint density at radius 3 is 2.45 bits per heavy atom. The zero-order valence-electron chi connectivity index (χ0n) is 13.1. The van der Waals surface area contributed by atoms with Gasteiger partial charge in [-0.2, -0.15) is 0 Å². The molecule has 20 heavy (non-hydrogen) atoms. The van der Waals surface area contributed by atoms with Crippen LogP contribution in [0.1, 0.15) is 33.6 Å².